The Labute approximate surface area is 135 Å². The van der Waals surface area contributed by atoms with Crippen molar-refractivity contribution in [1.82, 2.24) is 14.6 Å². The van der Waals surface area contributed by atoms with E-state index in [1.54, 1.807) is 12.1 Å². The number of ether oxygens (including phenoxy) is 1. The molecule has 0 aliphatic carbocycles. The summed E-state index contributed by atoms with van der Waals surface area (Å²) in [6, 6.07) is 5.73. The minimum atomic E-state index is -0.642. The fourth-order valence-corrected chi connectivity index (χ4v) is 2.32. The van der Waals surface area contributed by atoms with Crippen molar-refractivity contribution in [1.29, 1.82) is 0 Å². The van der Waals surface area contributed by atoms with Crippen LogP contribution in [0.3, 0.4) is 0 Å². The summed E-state index contributed by atoms with van der Waals surface area (Å²) in [6.45, 7) is -0.108. The van der Waals surface area contributed by atoms with Gasteiger partial charge in [-0.05, 0) is 24.3 Å². The fraction of sp³-hybridized carbons (Fsp3) is 0.133. The molecule has 8 nitrogen and oxygen atoms in total. The van der Waals surface area contributed by atoms with Gasteiger partial charge in [0.2, 0.25) is 0 Å². The second-order valence-corrected chi connectivity index (χ2v) is 4.97. The van der Waals surface area contributed by atoms with Gasteiger partial charge in [0, 0.05) is 5.56 Å². The van der Waals surface area contributed by atoms with Crippen LogP contribution in [-0.2, 0) is 9.53 Å². The Morgan fingerprint density at radius 3 is 2.71 bits per heavy atom. The van der Waals surface area contributed by atoms with Gasteiger partial charge in [0.15, 0.2) is 5.82 Å². The summed E-state index contributed by atoms with van der Waals surface area (Å²) in [5, 5.41) is 7.00. The summed E-state index contributed by atoms with van der Waals surface area (Å²) in [7, 11) is 1.27. The molecule has 9 heteroatoms. The highest BCUT2D eigenvalue weighted by Gasteiger charge is 2.20. The number of carbonyl (C=O) groups is 2. The lowest BCUT2D eigenvalue weighted by Gasteiger charge is -2.07. The van der Waals surface area contributed by atoms with Gasteiger partial charge in [-0.2, -0.15) is 9.61 Å². The highest BCUT2D eigenvalue weighted by atomic mass is 19.1. The zero-order chi connectivity index (χ0) is 17.3. The molecule has 24 heavy (non-hydrogen) atoms. The number of H-pyrrole nitrogens is 1. The molecular weight excluding hydrogens is 317 g/mol. The molecule has 0 aliphatic rings. The Bertz CT molecular complexity index is 913. The number of anilines is 1. The molecule has 0 spiro atoms. The van der Waals surface area contributed by atoms with E-state index in [1.165, 1.54) is 30.0 Å². The van der Waals surface area contributed by atoms with Crippen molar-refractivity contribution in [3.8, 4) is 11.3 Å². The van der Waals surface area contributed by atoms with Crippen molar-refractivity contribution in [2.75, 3.05) is 19.0 Å². The molecule has 1 aromatic carbocycles. The molecule has 3 rings (SSSR count). The molecule has 4 N–H and O–H groups in total. The van der Waals surface area contributed by atoms with E-state index in [9.17, 15) is 14.0 Å². The van der Waals surface area contributed by atoms with Gasteiger partial charge in [-0.3, -0.25) is 9.59 Å². The number of nitrogens with zero attached hydrogens (tertiary/aromatic N) is 2. The molecular formula is C15H14FN5O3. The van der Waals surface area contributed by atoms with Gasteiger partial charge >= 0.3 is 5.97 Å². The number of rotatable bonds is 5. The number of nitrogens with two attached hydrogens (primary N) is 1. The minimum Gasteiger partial charge on any atom is -0.468 e. The van der Waals surface area contributed by atoms with Gasteiger partial charge in [0.1, 0.15) is 23.6 Å². The first-order valence-corrected chi connectivity index (χ1v) is 6.97. The van der Waals surface area contributed by atoms with Crippen molar-refractivity contribution in [3.05, 3.63) is 41.8 Å². The number of esters is 1. The molecule has 124 valence electrons. The second-order valence-electron chi connectivity index (χ2n) is 4.97. The summed E-state index contributed by atoms with van der Waals surface area (Å²) >= 11 is 0. The van der Waals surface area contributed by atoms with Crippen LogP contribution in [0.5, 0.6) is 0 Å². The van der Waals surface area contributed by atoms with Crippen LogP contribution in [0, 0.1) is 5.82 Å². The average Bonchev–Trinajstić information content (AvgIpc) is 3.12. The van der Waals surface area contributed by atoms with Crippen molar-refractivity contribution < 1.29 is 18.7 Å². The molecule has 3 aromatic rings. The second kappa shape index (κ2) is 6.03. The Morgan fingerprint density at radius 1 is 1.38 bits per heavy atom. The van der Waals surface area contributed by atoms with Crippen LogP contribution in [0.1, 0.15) is 10.4 Å². The number of hydrogen-bond donors (Lipinski definition) is 3. The Balaban J connectivity index is 2.13. The van der Waals surface area contributed by atoms with E-state index in [0.717, 1.165) is 0 Å². The van der Waals surface area contributed by atoms with E-state index in [4.69, 9.17) is 5.73 Å². The van der Waals surface area contributed by atoms with E-state index >= 15 is 0 Å². The molecule has 2 heterocycles. The van der Waals surface area contributed by atoms with E-state index in [-0.39, 0.29) is 17.9 Å². The predicted molar refractivity (Wildman–Crippen MR) is 84.0 cm³/mol. The maximum Gasteiger partial charge on any atom is 0.325 e. The number of nitrogens with one attached hydrogen (secondary N) is 2. The van der Waals surface area contributed by atoms with Gasteiger partial charge in [0.05, 0.1) is 19.0 Å². The standard InChI is InChI=1S/C15H14FN5O3/c1-24-11(22)7-18-15-12(8-2-4-9(16)5-3-8)20-14-10(13(17)23)6-19-21(14)15/h2-6,18,20H,7H2,1H3,(H2,17,23). The molecule has 2 aromatic heterocycles. The molecule has 0 saturated heterocycles. The van der Waals surface area contributed by atoms with Gasteiger partial charge in [-0.15, -0.1) is 0 Å². The predicted octanol–water partition coefficient (Wildman–Crippen LogP) is 1.15. The van der Waals surface area contributed by atoms with Crippen LogP contribution < -0.4 is 11.1 Å². The molecule has 0 aliphatic heterocycles. The van der Waals surface area contributed by atoms with Gasteiger partial charge in [-0.25, -0.2) is 4.39 Å². The lowest BCUT2D eigenvalue weighted by molar-refractivity contribution is -0.138. The third kappa shape index (κ3) is 2.67. The molecule has 0 atom stereocenters. The Kier molecular flexibility index (Phi) is 3.90. The first-order valence-electron chi connectivity index (χ1n) is 6.97. The highest BCUT2D eigenvalue weighted by Crippen LogP contribution is 2.29. The summed E-state index contributed by atoms with van der Waals surface area (Å²) in [5.41, 5.74) is 7.07. The van der Waals surface area contributed by atoms with Crippen molar-refractivity contribution in [3.63, 3.8) is 0 Å². The maximum atomic E-state index is 13.2. The molecule has 0 bridgehead atoms. The number of amides is 1. The van der Waals surface area contributed by atoms with E-state index < -0.39 is 11.9 Å². The van der Waals surface area contributed by atoms with Crippen LogP contribution in [0.15, 0.2) is 30.5 Å². The number of imidazole rings is 1. The minimum absolute atomic E-state index is 0.108. The van der Waals surface area contributed by atoms with Crippen LogP contribution in [-0.4, -0.2) is 40.1 Å². The normalized spacial score (nSPS) is 10.8. The topological polar surface area (TPSA) is 115 Å². The number of aromatic nitrogens is 3. The molecule has 0 radical (unpaired) electrons. The summed E-state index contributed by atoms with van der Waals surface area (Å²) in [5.74, 6) is -1.07. The summed E-state index contributed by atoms with van der Waals surface area (Å²) < 4.78 is 19.2. The summed E-state index contributed by atoms with van der Waals surface area (Å²) in [6.07, 6.45) is 1.33. The lowest BCUT2D eigenvalue weighted by Crippen LogP contribution is -2.16. The molecule has 0 unspecified atom stereocenters. The first kappa shape index (κ1) is 15.5. The third-order valence-electron chi connectivity index (χ3n) is 3.49. The Morgan fingerprint density at radius 2 is 2.08 bits per heavy atom. The third-order valence-corrected chi connectivity index (χ3v) is 3.49. The first-order chi connectivity index (χ1) is 11.5. The van der Waals surface area contributed by atoms with E-state index in [1.807, 2.05) is 0 Å². The number of methoxy groups -OCH3 is 1. The SMILES string of the molecule is COC(=O)CNc1c(-c2ccc(F)cc2)[nH]c2c(C(N)=O)cnn12. The number of fused-ring (bicyclic) bond motifs is 1. The van der Waals surface area contributed by atoms with Crippen LogP contribution in [0.2, 0.25) is 0 Å². The quantitative estimate of drug-likeness (QED) is 0.607. The van der Waals surface area contributed by atoms with Gasteiger partial charge < -0.3 is 20.8 Å². The summed E-state index contributed by atoms with van der Waals surface area (Å²) in [4.78, 5) is 25.9. The molecule has 0 fully saturated rings. The number of hydrogen-bond acceptors (Lipinski definition) is 5. The zero-order valence-electron chi connectivity index (χ0n) is 12.7. The van der Waals surface area contributed by atoms with Crippen LogP contribution in [0.25, 0.3) is 16.9 Å². The van der Waals surface area contributed by atoms with Crippen LogP contribution in [0.4, 0.5) is 10.2 Å². The highest BCUT2D eigenvalue weighted by molar-refractivity contribution is 5.99. The number of benzene rings is 1. The van der Waals surface area contributed by atoms with Gasteiger partial charge in [0.25, 0.3) is 5.91 Å². The zero-order valence-corrected chi connectivity index (χ0v) is 12.7. The van der Waals surface area contributed by atoms with E-state index in [2.05, 4.69) is 20.1 Å². The van der Waals surface area contributed by atoms with Gasteiger partial charge in [-0.1, -0.05) is 0 Å². The van der Waals surface area contributed by atoms with E-state index in [0.29, 0.717) is 22.7 Å². The number of aromatic amines is 1. The van der Waals surface area contributed by atoms with Crippen molar-refractivity contribution in [2.24, 2.45) is 5.73 Å². The smallest absolute Gasteiger partial charge is 0.325 e. The molecule has 1 amide bonds. The van der Waals surface area contributed by atoms with Crippen LogP contribution >= 0.6 is 0 Å². The largest absolute Gasteiger partial charge is 0.468 e. The number of primary amides is 1. The maximum absolute atomic E-state index is 13.2. The number of carbonyl (C=O) groups excluding carboxylic acids is 2. The fourth-order valence-electron chi connectivity index (χ4n) is 2.32. The molecule has 0 saturated carbocycles. The van der Waals surface area contributed by atoms with Crippen molar-refractivity contribution >= 4 is 23.3 Å². The lowest BCUT2D eigenvalue weighted by atomic mass is 10.1. The monoisotopic (exact) mass is 331 g/mol. The number of halogens is 1. The van der Waals surface area contributed by atoms with Crippen molar-refractivity contribution in [2.45, 2.75) is 0 Å². The Hall–Kier alpha value is -3.36. The average molecular weight is 331 g/mol.